The third-order valence-electron chi connectivity index (χ3n) is 2.55. The third-order valence-corrected chi connectivity index (χ3v) is 2.55. The molecule has 0 saturated carbocycles. The van der Waals surface area contributed by atoms with Gasteiger partial charge in [0.05, 0.1) is 7.11 Å². The Bertz CT molecular complexity index is 412. The zero-order valence-corrected chi connectivity index (χ0v) is 10.6. The van der Waals surface area contributed by atoms with Crippen LogP contribution in [-0.4, -0.2) is 31.5 Å². The Morgan fingerprint density at radius 2 is 2.28 bits per heavy atom. The molecule has 0 aromatic heterocycles. The van der Waals surface area contributed by atoms with Crippen molar-refractivity contribution in [1.29, 1.82) is 0 Å². The van der Waals surface area contributed by atoms with E-state index in [1.807, 2.05) is 11.9 Å². The maximum Gasteiger partial charge on any atom is 0.235 e. The van der Waals surface area contributed by atoms with E-state index in [0.29, 0.717) is 19.5 Å². The molecule has 0 aliphatic heterocycles. The number of methoxy groups -OCH3 is 1. The van der Waals surface area contributed by atoms with Crippen molar-refractivity contribution >= 4 is 5.91 Å². The van der Waals surface area contributed by atoms with Gasteiger partial charge in [0.1, 0.15) is 0 Å². The molecular formula is C12H18FN3O2. The Morgan fingerprint density at radius 3 is 2.83 bits per heavy atom. The van der Waals surface area contributed by atoms with Gasteiger partial charge in [-0.1, -0.05) is 6.07 Å². The minimum Gasteiger partial charge on any atom is -0.494 e. The van der Waals surface area contributed by atoms with Crippen molar-refractivity contribution in [3.05, 3.63) is 29.6 Å². The van der Waals surface area contributed by atoms with Gasteiger partial charge < -0.3 is 9.64 Å². The molecule has 0 atom stereocenters. The Hall–Kier alpha value is -1.66. The molecule has 100 valence electrons. The summed E-state index contributed by atoms with van der Waals surface area (Å²) >= 11 is 0. The number of carbonyl (C=O) groups is 1. The van der Waals surface area contributed by atoms with Crippen LogP contribution in [0.4, 0.5) is 4.39 Å². The van der Waals surface area contributed by atoms with Crippen molar-refractivity contribution in [2.24, 2.45) is 5.84 Å². The van der Waals surface area contributed by atoms with Gasteiger partial charge in [-0.05, 0) is 24.7 Å². The second kappa shape index (κ2) is 6.93. The number of hydrazine groups is 1. The molecule has 3 N–H and O–H groups in total. The number of hydrogen-bond acceptors (Lipinski definition) is 4. The topological polar surface area (TPSA) is 67.6 Å². The molecule has 0 heterocycles. The van der Waals surface area contributed by atoms with Crippen molar-refractivity contribution in [3.63, 3.8) is 0 Å². The van der Waals surface area contributed by atoms with Crippen LogP contribution in [0.1, 0.15) is 12.0 Å². The third kappa shape index (κ3) is 4.31. The molecule has 5 nitrogen and oxygen atoms in total. The first-order valence-electron chi connectivity index (χ1n) is 5.57. The number of ether oxygens (including phenoxy) is 1. The summed E-state index contributed by atoms with van der Waals surface area (Å²) in [5.74, 6) is 4.60. The number of carbonyl (C=O) groups excluding carboxylic acids is 1. The molecule has 0 bridgehead atoms. The largest absolute Gasteiger partial charge is 0.494 e. The standard InChI is InChI=1S/C12H18FN3O2/c1-16(6-5-12(17)15-14)8-9-3-4-11(18-2)10(13)7-9/h3-4,7H,5-6,8,14H2,1-2H3,(H,15,17). The highest BCUT2D eigenvalue weighted by molar-refractivity contribution is 5.75. The van der Waals surface area contributed by atoms with Crippen LogP contribution in [0.3, 0.4) is 0 Å². The molecule has 1 rings (SSSR count). The molecule has 0 saturated heterocycles. The Labute approximate surface area is 106 Å². The quantitative estimate of drug-likeness (QED) is 0.445. The van der Waals surface area contributed by atoms with Crippen LogP contribution in [0.15, 0.2) is 18.2 Å². The number of benzene rings is 1. The second-order valence-corrected chi connectivity index (χ2v) is 4.02. The smallest absolute Gasteiger partial charge is 0.235 e. The molecule has 1 aromatic rings. The Balaban J connectivity index is 2.51. The minimum atomic E-state index is -0.386. The highest BCUT2D eigenvalue weighted by Crippen LogP contribution is 2.18. The van der Waals surface area contributed by atoms with Crippen LogP contribution in [0.2, 0.25) is 0 Å². The minimum absolute atomic E-state index is 0.220. The zero-order valence-electron chi connectivity index (χ0n) is 10.6. The predicted molar refractivity (Wildman–Crippen MR) is 66.2 cm³/mol. The van der Waals surface area contributed by atoms with Gasteiger partial charge in [0, 0.05) is 19.5 Å². The molecule has 0 radical (unpaired) electrons. The lowest BCUT2D eigenvalue weighted by Crippen LogP contribution is -2.33. The number of halogens is 1. The van der Waals surface area contributed by atoms with Gasteiger partial charge in [0.2, 0.25) is 5.91 Å². The molecule has 0 spiro atoms. The van der Waals surface area contributed by atoms with E-state index in [2.05, 4.69) is 5.43 Å². The van der Waals surface area contributed by atoms with Gasteiger partial charge in [0.15, 0.2) is 11.6 Å². The second-order valence-electron chi connectivity index (χ2n) is 4.02. The highest BCUT2D eigenvalue weighted by atomic mass is 19.1. The fourth-order valence-electron chi connectivity index (χ4n) is 1.56. The predicted octanol–water partition coefficient (Wildman–Crippen LogP) is 0.646. The summed E-state index contributed by atoms with van der Waals surface area (Å²) in [5.41, 5.74) is 2.89. The average molecular weight is 255 g/mol. The van der Waals surface area contributed by atoms with Crippen molar-refractivity contribution in [2.75, 3.05) is 20.7 Å². The molecule has 0 unspecified atom stereocenters. The van der Waals surface area contributed by atoms with E-state index >= 15 is 0 Å². The number of hydrogen-bond donors (Lipinski definition) is 2. The van der Waals surface area contributed by atoms with Gasteiger partial charge >= 0.3 is 0 Å². The van der Waals surface area contributed by atoms with Gasteiger partial charge in [-0.15, -0.1) is 0 Å². The molecule has 6 heteroatoms. The highest BCUT2D eigenvalue weighted by Gasteiger charge is 2.07. The molecule has 1 amide bonds. The number of nitrogens with one attached hydrogen (secondary N) is 1. The molecule has 0 fully saturated rings. The van der Waals surface area contributed by atoms with Gasteiger partial charge in [-0.2, -0.15) is 0 Å². The van der Waals surface area contributed by atoms with Gasteiger partial charge in [-0.25, -0.2) is 10.2 Å². The maximum absolute atomic E-state index is 13.4. The molecule has 0 aliphatic carbocycles. The zero-order chi connectivity index (χ0) is 13.5. The van der Waals surface area contributed by atoms with E-state index in [0.717, 1.165) is 5.56 Å². The van der Waals surface area contributed by atoms with Crippen LogP contribution in [0.25, 0.3) is 0 Å². The Morgan fingerprint density at radius 1 is 1.56 bits per heavy atom. The first-order valence-corrected chi connectivity index (χ1v) is 5.57. The van der Waals surface area contributed by atoms with Crippen molar-refractivity contribution in [3.8, 4) is 5.75 Å². The normalized spacial score (nSPS) is 10.5. The van der Waals surface area contributed by atoms with E-state index < -0.39 is 0 Å². The fraction of sp³-hybridized carbons (Fsp3) is 0.417. The summed E-state index contributed by atoms with van der Waals surface area (Å²) < 4.78 is 18.3. The van der Waals surface area contributed by atoms with E-state index in [-0.39, 0.29) is 17.5 Å². The maximum atomic E-state index is 13.4. The van der Waals surface area contributed by atoms with E-state index in [1.165, 1.54) is 13.2 Å². The van der Waals surface area contributed by atoms with Crippen molar-refractivity contribution in [2.45, 2.75) is 13.0 Å². The van der Waals surface area contributed by atoms with E-state index in [4.69, 9.17) is 10.6 Å². The average Bonchev–Trinajstić information content (AvgIpc) is 2.36. The lowest BCUT2D eigenvalue weighted by atomic mass is 10.2. The summed E-state index contributed by atoms with van der Waals surface area (Å²) in [6.07, 6.45) is 0.311. The fourth-order valence-corrected chi connectivity index (χ4v) is 1.56. The Kier molecular flexibility index (Phi) is 5.54. The first-order chi connectivity index (χ1) is 8.56. The number of rotatable bonds is 6. The van der Waals surface area contributed by atoms with Crippen LogP contribution in [-0.2, 0) is 11.3 Å². The lowest BCUT2D eigenvalue weighted by Gasteiger charge is -2.16. The van der Waals surface area contributed by atoms with Gasteiger partial charge in [0.25, 0.3) is 0 Å². The van der Waals surface area contributed by atoms with Gasteiger partial charge in [-0.3, -0.25) is 10.2 Å². The molecule has 18 heavy (non-hydrogen) atoms. The first kappa shape index (κ1) is 14.4. The van der Waals surface area contributed by atoms with Crippen LogP contribution in [0, 0.1) is 5.82 Å². The van der Waals surface area contributed by atoms with E-state index in [1.54, 1.807) is 12.1 Å². The molecular weight excluding hydrogens is 237 g/mol. The summed E-state index contributed by atoms with van der Waals surface area (Å²) in [5, 5.41) is 0. The van der Waals surface area contributed by atoms with Crippen LogP contribution < -0.4 is 16.0 Å². The van der Waals surface area contributed by atoms with E-state index in [9.17, 15) is 9.18 Å². The lowest BCUT2D eigenvalue weighted by molar-refractivity contribution is -0.121. The number of nitrogens with two attached hydrogens (primary N) is 1. The molecule has 1 aromatic carbocycles. The van der Waals surface area contributed by atoms with Crippen molar-refractivity contribution in [1.82, 2.24) is 10.3 Å². The number of nitrogens with zero attached hydrogens (tertiary/aromatic N) is 1. The summed E-state index contributed by atoms with van der Waals surface area (Å²) in [7, 11) is 3.28. The van der Waals surface area contributed by atoms with Crippen LogP contribution >= 0.6 is 0 Å². The van der Waals surface area contributed by atoms with Crippen molar-refractivity contribution < 1.29 is 13.9 Å². The van der Waals surface area contributed by atoms with Crippen LogP contribution in [0.5, 0.6) is 5.75 Å². The molecule has 0 aliphatic rings. The summed E-state index contributed by atoms with van der Waals surface area (Å²) in [6, 6.07) is 4.81. The summed E-state index contributed by atoms with van der Waals surface area (Å²) in [4.78, 5) is 12.9. The number of amides is 1. The summed E-state index contributed by atoms with van der Waals surface area (Å²) in [6.45, 7) is 1.11. The monoisotopic (exact) mass is 255 g/mol. The SMILES string of the molecule is COc1ccc(CN(C)CCC(=O)NN)cc1F.